The molecule has 0 atom stereocenters. The zero-order chi connectivity index (χ0) is 45.4. The number of amides is 2. The van der Waals surface area contributed by atoms with Crippen molar-refractivity contribution in [2.45, 2.75) is 78.1 Å². The van der Waals surface area contributed by atoms with Crippen LogP contribution in [0.1, 0.15) is 97.3 Å². The number of carbonyl (C=O) groups is 2. The van der Waals surface area contributed by atoms with Crippen LogP contribution >= 0.6 is 0 Å². The number of piperidine rings is 1. The van der Waals surface area contributed by atoms with Gasteiger partial charge in [0.2, 0.25) is 0 Å². The van der Waals surface area contributed by atoms with Crippen molar-refractivity contribution in [3.05, 3.63) is 141 Å². The van der Waals surface area contributed by atoms with Gasteiger partial charge in [-0.25, -0.2) is 19.9 Å². The lowest BCUT2D eigenvalue weighted by molar-refractivity contribution is 0.101. The Morgan fingerprint density at radius 1 is 0.615 bits per heavy atom. The average molecular weight is 880 g/mol. The molecule has 6 aromatic rings. The molecule has 2 fully saturated rings. The smallest absolute Gasteiger partial charge is 0.271 e. The van der Waals surface area contributed by atoms with Crippen LogP contribution in [0.25, 0.3) is 22.5 Å². The molecule has 0 spiro atoms. The molecule has 2 aliphatic rings. The molecule has 2 amide bonds. The summed E-state index contributed by atoms with van der Waals surface area (Å²) in [4.78, 5) is 72.2. The average Bonchev–Trinajstić information content (AvgIpc) is 3.36. The number of aromatic amines is 2. The van der Waals surface area contributed by atoms with Crippen LogP contribution in [0.4, 0.5) is 11.4 Å². The Labute approximate surface area is 378 Å². The standard InChI is InChI=1S/C25H29N5O3.C25H28N4O3/c1-2-20-14-22(29-16-28-20)19-13-23(25(32)27-15-19)30-24(31)18-3-5-21(6-4-18)33-12-9-17-7-10-26-11-8-17;1-2-20-13-22(28-16-27-20)19-12-23(25(31)26-14-19)29-24(30)18-8-10-21(11-9-18)32-15-17-6-4-3-5-7-17/h3-6,13-17,26H,2,7-12H2,1H3,(H,27,32)(H,30,31);8-14,16-17H,2-7,15H2,1H3,(H,26,31)(H,29,30). The molecule has 15 heteroatoms. The minimum Gasteiger partial charge on any atom is -0.494 e. The molecule has 1 aliphatic heterocycles. The summed E-state index contributed by atoms with van der Waals surface area (Å²) in [6.07, 6.45) is 17.5. The first-order valence-corrected chi connectivity index (χ1v) is 22.6. The molecule has 15 nitrogen and oxygen atoms in total. The van der Waals surface area contributed by atoms with Gasteiger partial charge in [0.25, 0.3) is 22.9 Å². The molecule has 0 unspecified atom stereocenters. The number of hydrogen-bond acceptors (Lipinski definition) is 11. The highest BCUT2D eigenvalue weighted by atomic mass is 16.5. The highest BCUT2D eigenvalue weighted by molar-refractivity contribution is 6.05. The van der Waals surface area contributed by atoms with Gasteiger partial charge in [-0.1, -0.05) is 33.1 Å². The largest absolute Gasteiger partial charge is 0.494 e. The van der Waals surface area contributed by atoms with Gasteiger partial charge in [0, 0.05) is 46.0 Å². The maximum Gasteiger partial charge on any atom is 0.271 e. The third-order valence-electron chi connectivity index (χ3n) is 11.8. The van der Waals surface area contributed by atoms with Crippen molar-refractivity contribution in [1.29, 1.82) is 0 Å². The van der Waals surface area contributed by atoms with E-state index in [1.165, 1.54) is 57.6 Å². The highest BCUT2D eigenvalue weighted by Crippen LogP contribution is 2.26. The number of pyridine rings is 2. The summed E-state index contributed by atoms with van der Waals surface area (Å²) in [6, 6.07) is 21.0. The van der Waals surface area contributed by atoms with Gasteiger partial charge in [-0.3, -0.25) is 19.2 Å². The zero-order valence-corrected chi connectivity index (χ0v) is 37.0. The molecule has 1 saturated heterocycles. The van der Waals surface area contributed by atoms with E-state index in [-0.39, 0.29) is 34.3 Å². The topological polar surface area (TPSA) is 206 Å². The Kier molecular flexibility index (Phi) is 16.3. The van der Waals surface area contributed by atoms with Crippen molar-refractivity contribution in [1.82, 2.24) is 35.2 Å². The van der Waals surface area contributed by atoms with E-state index in [4.69, 9.17) is 9.47 Å². The third kappa shape index (κ3) is 13.3. The summed E-state index contributed by atoms with van der Waals surface area (Å²) in [5.74, 6) is 2.09. The Balaban J connectivity index is 0.000000194. The minimum atomic E-state index is -0.380. The summed E-state index contributed by atoms with van der Waals surface area (Å²) in [5.41, 5.74) is 5.03. The van der Waals surface area contributed by atoms with Gasteiger partial charge in [-0.05, 0) is 143 Å². The number of H-pyrrole nitrogens is 2. The summed E-state index contributed by atoms with van der Waals surface area (Å²) >= 11 is 0. The fraction of sp³-hybridized carbons (Fsp3) is 0.360. The van der Waals surface area contributed by atoms with Gasteiger partial charge in [-0.2, -0.15) is 0 Å². The van der Waals surface area contributed by atoms with Crippen molar-refractivity contribution >= 4 is 23.2 Å². The van der Waals surface area contributed by atoms with Crippen LogP contribution in [0.3, 0.4) is 0 Å². The predicted molar refractivity (Wildman–Crippen MR) is 251 cm³/mol. The number of hydrogen-bond donors (Lipinski definition) is 5. The van der Waals surface area contributed by atoms with Crippen LogP contribution in [-0.4, -0.2) is 68.0 Å². The van der Waals surface area contributed by atoms with Crippen LogP contribution < -0.4 is 36.5 Å². The lowest BCUT2D eigenvalue weighted by Crippen LogP contribution is -2.28. The van der Waals surface area contributed by atoms with Gasteiger partial charge in [0.15, 0.2) is 0 Å². The number of carbonyl (C=O) groups excluding carboxylic acids is 2. The maximum atomic E-state index is 12.7. The number of ether oxygens (including phenoxy) is 2. The molecule has 5 N–H and O–H groups in total. The first kappa shape index (κ1) is 46.0. The SMILES string of the molecule is CCc1cc(-c2c[nH]c(=O)c(NC(=O)c3ccc(OCC4CCCCC4)cc3)c2)ncn1.CCc1cc(-c2c[nH]c(=O)c(NC(=O)c3ccc(OCCC4CCNCC4)cc3)c2)ncn1. The lowest BCUT2D eigenvalue weighted by Gasteiger charge is -2.22. The van der Waals surface area contributed by atoms with E-state index in [0.29, 0.717) is 52.1 Å². The lowest BCUT2D eigenvalue weighted by atomic mass is 9.90. The van der Waals surface area contributed by atoms with E-state index < -0.39 is 0 Å². The van der Waals surface area contributed by atoms with Crippen molar-refractivity contribution in [3.63, 3.8) is 0 Å². The fourth-order valence-electron chi connectivity index (χ4n) is 7.82. The summed E-state index contributed by atoms with van der Waals surface area (Å²) in [5, 5.41) is 8.77. The van der Waals surface area contributed by atoms with Crippen LogP contribution in [0, 0.1) is 11.8 Å². The van der Waals surface area contributed by atoms with Crippen LogP contribution in [0.2, 0.25) is 0 Å². The molecule has 0 bridgehead atoms. The molecule has 338 valence electrons. The Hall–Kier alpha value is -7.00. The Bertz CT molecular complexity index is 2620. The van der Waals surface area contributed by atoms with E-state index in [1.807, 2.05) is 26.0 Å². The summed E-state index contributed by atoms with van der Waals surface area (Å²) in [6.45, 7) is 7.57. The molecular weight excluding hydrogens is 823 g/mol. The minimum absolute atomic E-state index is 0.163. The third-order valence-corrected chi connectivity index (χ3v) is 11.8. The number of aromatic nitrogens is 6. The number of benzene rings is 2. The number of rotatable bonds is 15. The first-order valence-electron chi connectivity index (χ1n) is 22.6. The van der Waals surface area contributed by atoms with E-state index in [9.17, 15) is 19.2 Å². The maximum absolute atomic E-state index is 12.7. The van der Waals surface area contributed by atoms with E-state index in [2.05, 4.69) is 45.9 Å². The van der Waals surface area contributed by atoms with E-state index in [0.717, 1.165) is 61.8 Å². The number of anilines is 2. The Morgan fingerprint density at radius 2 is 1.11 bits per heavy atom. The van der Waals surface area contributed by atoms with Gasteiger partial charge < -0.3 is 35.4 Å². The summed E-state index contributed by atoms with van der Waals surface area (Å²) < 4.78 is 11.7. The first-order chi connectivity index (χ1) is 31.7. The van der Waals surface area contributed by atoms with Crippen molar-refractivity contribution < 1.29 is 19.1 Å². The number of nitrogens with zero attached hydrogens (tertiary/aromatic N) is 4. The highest BCUT2D eigenvalue weighted by Gasteiger charge is 2.17. The second-order valence-corrected chi connectivity index (χ2v) is 16.4. The zero-order valence-electron chi connectivity index (χ0n) is 37.0. The van der Waals surface area contributed by atoms with Gasteiger partial charge in [-0.15, -0.1) is 0 Å². The van der Waals surface area contributed by atoms with E-state index in [1.54, 1.807) is 73.1 Å². The molecule has 0 radical (unpaired) electrons. The van der Waals surface area contributed by atoms with Crippen LogP contribution in [0.15, 0.2) is 107 Å². The monoisotopic (exact) mass is 879 g/mol. The molecule has 1 saturated carbocycles. The van der Waals surface area contributed by atoms with Crippen molar-refractivity contribution in [2.75, 3.05) is 36.9 Å². The summed E-state index contributed by atoms with van der Waals surface area (Å²) in [7, 11) is 0. The van der Waals surface area contributed by atoms with Gasteiger partial charge >= 0.3 is 0 Å². The molecule has 8 rings (SSSR count). The second kappa shape index (κ2) is 23.1. The quantitative estimate of drug-likeness (QED) is 0.0668. The second-order valence-electron chi connectivity index (χ2n) is 16.4. The number of nitrogens with one attached hydrogen (secondary N) is 5. The molecule has 4 aromatic heterocycles. The van der Waals surface area contributed by atoms with Crippen molar-refractivity contribution in [3.8, 4) is 34.0 Å². The molecule has 1 aliphatic carbocycles. The van der Waals surface area contributed by atoms with Crippen LogP contribution in [0.5, 0.6) is 11.5 Å². The molecule has 5 heterocycles. The molecule has 65 heavy (non-hydrogen) atoms. The van der Waals surface area contributed by atoms with Gasteiger partial charge in [0.05, 0.1) is 24.6 Å². The normalized spacial score (nSPS) is 14.1. The fourth-order valence-corrected chi connectivity index (χ4v) is 7.82. The van der Waals surface area contributed by atoms with Crippen molar-refractivity contribution in [2.24, 2.45) is 11.8 Å². The number of aryl methyl sites for hydroxylation is 2. The van der Waals surface area contributed by atoms with Gasteiger partial charge in [0.1, 0.15) is 35.5 Å². The Morgan fingerprint density at radius 3 is 1.60 bits per heavy atom. The van der Waals surface area contributed by atoms with E-state index >= 15 is 0 Å². The molecule has 2 aromatic carbocycles. The predicted octanol–water partition coefficient (Wildman–Crippen LogP) is 8.02. The van der Waals surface area contributed by atoms with Crippen LogP contribution in [-0.2, 0) is 12.8 Å². The molecular formula is C50H57N9O6.